The van der Waals surface area contributed by atoms with E-state index >= 15 is 0 Å². The number of rotatable bonds is 8. The highest BCUT2D eigenvalue weighted by atomic mass is 19.1. The van der Waals surface area contributed by atoms with E-state index in [2.05, 4.69) is 5.10 Å². The lowest BCUT2D eigenvalue weighted by atomic mass is 10.1. The number of esters is 1. The van der Waals surface area contributed by atoms with E-state index < -0.39 is 5.97 Å². The third-order valence-electron chi connectivity index (χ3n) is 5.12. The normalized spacial score (nSPS) is 10.7. The third kappa shape index (κ3) is 5.57. The van der Waals surface area contributed by atoms with Gasteiger partial charge in [-0.2, -0.15) is 5.10 Å². The lowest BCUT2D eigenvalue weighted by Gasteiger charge is -2.21. The van der Waals surface area contributed by atoms with Gasteiger partial charge in [0.15, 0.2) is 6.61 Å². The standard InChI is InChI=1S/C24H26FN3O3/c1-4-27(15-19-9-8-10-20(25)13-19)23(29)16-31-24(30)14-22-17(2)26-28(18(22)3)21-11-6-5-7-12-21/h5-13H,4,14-16H2,1-3H3. The van der Waals surface area contributed by atoms with Crippen LogP contribution in [0.4, 0.5) is 4.39 Å². The Labute approximate surface area is 181 Å². The van der Waals surface area contributed by atoms with E-state index in [1.165, 1.54) is 17.0 Å². The van der Waals surface area contributed by atoms with Gasteiger partial charge >= 0.3 is 5.97 Å². The van der Waals surface area contributed by atoms with Crippen LogP contribution < -0.4 is 0 Å². The molecule has 0 unspecified atom stereocenters. The first-order valence-corrected chi connectivity index (χ1v) is 10.2. The summed E-state index contributed by atoms with van der Waals surface area (Å²) in [5, 5.41) is 4.53. The molecule has 0 aliphatic heterocycles. The summed E-state index contributed by atoms with van der Waals surface area (Å²) >= 11 is 0. The summed E-state index contributed by atoms with van der Waals surface area (Å²) < 4.78 is 20.4. The van der Waals surface area contributed by atoms with E-state index in [-0.39, 0.29) is 31.3 Å². The van der Waals surface area contributed by atoms with Crippen LogP contribution in [0.1, 0.15) is 29.4 Å². The monoisotopic (exact) mass is 423 g/mol. The van der Waals surface area contributed by atoms with Crippen LogP contribution in [0.25, 0.3) is 5.69 Å². The molecule has 0 N–H and O–H groups in total. The molecular weight excluding hydrogens is 397 g/mol. The summed E-state index contributed by atoms with van der Waals surface area (Å²) in [4.78, 5) is 26.4. The van der Waals surface area contributed by atoms with E-state index in [1.54, 1.807) is 16.8 Å². The van der Waals surface area contributed by atoms with Gasteiger partial charge in [-0.05, 0) is 50.6 Å². The van der Waals surface area contributed by atoms with Crippen LogP contribution in [0.3, 0.4) is 0 Å². The van der Waals surface area contributed by atoms with Gasteiger partial charge in [0.05, 0.1) is 17.8 Å². The van der Waals surface area contributed by atoms with Crippen molar-refractivity contribution in [2.24, 2.45) is 0 Å². The number of nitrogens with zero attached hydrogens (tertiary/aromatic N) is 3. The van der Waals surface area contributed by atoms with Crippen LogP contribution in [0.15, 0.2) is 54.6 Å². The Morgan fingerprint density at radius 1 is 1.10 bits per heavy atom. The van der Waals surface area contributed by atoms with Gasteiger partial charge in [0.2, 0.25) is 0 Å². The second-order valence-corrected chi connectivity index (χ2v) is 7.27. The van der Waals surface area contributed by atoms with Crippen LogP contribution >= 0.6 is 0 Å². The Hall–Kier alpha value is -3.48. The average molecular weight is 423 g/mol. The zero-order chi connectivity index (χ0) is 22.4. The van der Waals surface area contributed by atoms with Crippen molar-refractivity contribution >= 4 is 11.9 Å². The van der Waals surface area contributed by atoms with Crippen molar-refractivity contribution in [2.45, 2.75) is 33.7 Å². The molecule has 162 valence electrons. The molecule has 0 radical (unpaired) electrons. The molecule has 31 heavy (non-hydrogen) atoms. The maximum Gasteiger partial charge on any atom is 0.310 e. The van der Waals surface area contributed by atoms with Gasteiger partial charge < -0.3 is 9.64 Å². The zero-order valence-corrected chi connectivity index (χ0v) is 18.0. The molecule has 0 fully saturated rings. The van der Waals surface area contributed by atoms with Gasteiger partial charge in [0, 0.05) is 24.3 Å². The Kier molecular flexibility index (Phi) is 7.18. The number of carbonyl (C=O) groups is 2. The molecule has 0 spiro atoms. The van der Waals surface area contributed by atoms with E-state index in [4.69, 9.17) is 4.74 Å². The van der Waals surface area contributed by atoms with E-state index in [9.17, 15) is 14.0 Å². The first-order valence-electron chi connectivity index (χ1n) is 10.2. The van der Waals surface area contributed by atoms with Gasteiger partial charge in [-0.3, -0.25) is 9.59 Å². The van der Waals surface area contributed by atoms with Crippen molar-refractivity contribution in [3.8, 4) is 5.69 Å². The summed E-state index contributed by atoms with van der Waals surface area (Å²) in [7, 11) is 0. The number of likely N-dealkylation sites (N-methyl/N-ethyl adjacent to an activating group) is 1. The van der Waals surface area contributed by atoms with Crippen molar-refractivity contribution < 1.29 is 18.7 Å². The number of halogens is 1. The van der Waals surface area contributed by atoms with Crippen molar-refractivity contribution in [3.63, 3.8) is 0 Å². The SMILES string of the molecule is CCN(Cc1cccc(F)c1)C(=O)COC(=O)Cc1c(C)nn(-c2ccccc2)c1C. The number of hydrogen-bond acceptors (Lipinski definition) is 4. The highest BCUT2D eigenvalue weighted by Crippen LogP contribution is 2.18. The maximum absolute atomic E-state index is 13.4. The van der Waals surface area contributed by atoms with E-state index in [1.807, 2.05) is 51.1 Å². The summed E-state index contributed by atoms with van der Waals surface area (Å²) in [5.41, 5.74) is 3.97. The summed E-state index contributed by atoms with van der Waals surface area (Å²) in [5.74, 6) is -1.17. The minimum absolute atomic E-state index is 0.0355. The molecule has 0 atom stereocenters. The molecule has 0 bridgehead atoms. The van der Waals surface area contributed by atoms with Gasteiger partial charge in [0.25, 0.3) is 5.91 Å². The fraction of sp³-hybridized carbons (Fsp3) is 0.292. The number of hydrogen-bond donors (Lipinski definition) is 0. The molecule has 7 heteroatoms. The van der Waals surface area contributed by atoms with Crippen molar-refractivity contribution in [1.29, 1.82) is 0 Å². The fourth-order valence-corrected chi connectivity index (χ4v) is 3.41. The first kappa shape index (κ1) is 22.2. The highest BCUT2D eigenvalue weighted by molar-refractivity contribution is 5.81. The zero-order valence-electron chi connectivity index (χ0n) is 18.0. The Morgan fingerprint density at radius 3 is 2.52 bits per heavy atom. The van der Waals surface area contributed by atoms with Crippen LogP contribution in [0, 0.1) is 19.7 Å². The minimum Gasteiger partial charge on any atom is -0.455 e. The van der Waals surface area contributed by atoms with E-state index in [0.717, 1.165) is 22.6 Å². The fourth-order valence-electron chi connectivity index (χ4n) is 3.41. The van der Waals surface area contributed by atoms with Crippen molar-refractivity contribution in [1.82, 2.24) is 14.7 Å². The molecule has 1 amide bonds. The van der Waals surface area contributed by atoms with Gasteiger partial charge in [-0.25, -0.2) is 9.07 Å². The topological polar surface area (TPSA) is 64.4 Å². The van der Waals surface area contributed by atoms with E-state index in [0.29, 0.717) is 12.1 Å². The molecule has 6 nitrogen and oxygen atoms in total. The molecule has 0 aliphatic carbocycles. The number of para-hydroxylation sites is 1. The third-order valence-corrected chi connectivity index (χ3v) is 5.12. The van der Waals surface area contributed by atoms with Crippen LogP contribution in [0.5, 0.6) is 0 Å². The van der Waals surface area contributed by atoms with Gasteiger partial charge in [0.1, 0.15) is 5.82 Å². The van der Waals surface area contributed by atoms with Gasteiger partial charge in [-0.15, -0.1) is 0 Å². The molecule has 0 saturated heterocycles. The predicted molar refractivity (Wildman–Crippen MR) is 115 cm³/mol. The number of aromatic nitrogens is 2. The quantitative estimate of drug-likeness (QED) is 0.518. The minimum atomic E-state index is -0.492. The first-order chi connectivity index (χ1) is 14.9. The van der Waals surface area contributed by atoms with Crippen LogP contribution in [0.2, 0.25) is 0 Å². The van der Waals surface area contributed by atoms with Crippen LogP contribution in [-0.2, 0) is 27.3 Å². The number of benzene rings is 2. The maximum atomic E-state index is 13.4. The second kappa shape index (κ2) is 10.0. The van der Waals surface area contributed by atoms with Crippen molar-refractivity contribution in [3.05, 3.63) is 82.9 Å². The molecule has 2 aromatic carbocycles. The molecule has 1 heterocycles. The lowest BCUT2D eigenvalue weighted by Crippen LogP contribution is -2.34. The summed E-state index contributed by atoms with van der Waals surface area (Å²) in [6, 6.07) is 15.8. The van der Waals surface area contributed by atoms with Crippen LogP contribution in [-0.4, -0.2) is 39.7 Å². The molecule has 0 aliphatic rings. The highest BCUT2D eigenvalue weighted by Gasteiger charge is 2.19. The smallest absolute Gasteiger partial charge is 0.310 e. The number of carbonyl (C=O) groups excluding carboxylic acids is 2. The molecule has 1 aromatic heterocycles. The number of aryl methyl sites for hydroxylation is 1. The molecule has 3 rings (SSSR count). The second-order valence-electron chi connectivity index (χ2n) is 7.27. The van der Waals surface area contributed by atoms with Gasteiger partial charge in [-0.1, -0.05) is 30.3 Å². The Balaban J connectivity index is 1.59. The Morgan fingerprint density at radius 2 is 1.84 bits per heavy atom. The summed E-state index contributed by atoms with van der Waals surface area (Å²) in [6.07, 6.45) is 0.0355. The molecular formula is C24H26FN3O3. The lowest BCUT2D eigenvalue weighted by molar-refractivity contribution is -0.151. The predicted octanol–water partition coefficient (Wildman–Crippen LogP) is 3.76. The number of ether oxygens (including phenoxy) is 1. The Bertz CT molecular complexity index is 1060. The summed E-state index contributed by atoms with van der Waals surface area (Å²) in [6.45, 7) is 5.90. The average Bonchev–Trinajstić information content (AvgIpc) is 3.04. The van der Waals surface area contributed by atoms with Crippen molar-refractivity contribution in [2.75, 3.05) is 13.2 Å². The molecule has 0 saturated carbocycles. The number of amides is 1. The molecule has 3 aromatic rings. The largest absolute Gasteiger partial charge is 0.455 e.